The molecule has 0 unspecified atom stereocenters. The molecule has 2 heterocycles. The molecule has 42 heavy (non-hydrogen) atoms. The van der Waals surface area contributed by atoms with Crippen LogP contribution in [0, 0.1) is 5.92 Å². The number of fused-ring (bicyclic) bond motifs is 2. The number of hydrogen-bond acceptors (Lipinski definition) is 7. The molecule has 1 aliphatic carbocycles. The highest BCUT2D eigenvalue weighted by atomic mass is 32.1. The third kappa shape index (κ3) is 6.52. The van der Waals surface area contributed by atoms with Crippen molar-refractivity contribution in [3.8, 4) is 5.75 Å². The van der Waals surface area contributed by atoms with Crippen LogP contribution in [0.5, 0.6) is 5.75 Å². The topological polar surface area (TPSA) is 124 Å². The maximum atomic E-state index is 13.8. The molecule has 11 heteroatoms. The van der Waals surface area contributed by atoms with Crippen LogP contribution in [0.1, 0.15) is 66.1 Å². The molecule has 2 aliphatic rings. The Morgan fingerprint density at radius 1 is 1.17 bits per heavy atom. The Morgan fingerprint density at radius 3 is 2.67 bits per heavy atom. The molecule has 1 fully saturated rings. The maximum absolute atomic E-state index is 13.8. The number of nitrogens with one attached hydrogen (secondary N) is 2. The Hall–Kier alpha value is -3.70. The molecule has 1 aliphatic heterocycles. The number of para-hydroxylation sites is 2. The fraction of sp³-hybridized carbons (Fsp3) is 0.484. The zero-order chi connectivity index (χ0) is 29.8. The highest BCUT2D eigenvalue weighted by Crippen LogP contribution is 2.35. The van der Waals surface area contributed by atoms with Gasteiger partial charge >= 0.3 is 6.03 Å². The van der Waals surface area contributed by atoms with Crippen molar-refractivity contribution in [2.75, 3.05) is 32.1 Å². The molecule has 3 N–H and O–H groups in total. The summed E-state index contributed by atoms with van der Waals surface area (Å²) in [5.74, 6) is -0.646. The molecule has 3 aromatic rings. The van der Waals surface area contributed by atoms with Crippen molar-refractivity contribution in [1.29, 1.82) is 0 Å². The van der Waals surface area contributed by atoms with Gasteiger partial charge in [-0.15, -0.1) is 11.3 Å². The summed E-state index contributed by atoms with van der Waals surface area (Å²) in [4.78, 5) is 47.9. The molecule has 10 nitrogen and oxygen atoms in total. The summed E-state index contributed by atoms with van der Waals surface area (Å²) in [6, 6.07) is 12.2. The lowest BCUT2D eigenvalue weighted by Gasteiger charge is -2.38. The zero-order valence-electron chi connectivity index (χ0n) is 24.3. The van der Waals surface area contributed by atoms with Gasteiger partial charge in [-0.3, -0.25) is 9.59 Å². The lowest BCUT2D eigenvalue weighted by atomic mass is 9.96. The molecule has 5 rings (SSSR count). The second kappa shape index (κ2) is 13.1. The van der Waals surface area contributed by atoms with Crippen molar-refractivity contribution >= 4 is 45.1 Å². The van der Waals surface area contributed by atoms with Gasteiger partial charge in [-0.2, -0.15) is 0 Å². The number of carbonyl (C=O) groups excluding carboxylic acids is 3. The van der Waals surface area contributed by atoms with Gasteiger partial charge in [0.05, 0.1) is 40.7 Å². The van der Waals surface area contributed by atoms with Gasteiger partial charge in [-0.25, -0.2) is 9.78 Å². The summed E-state index contributed by atoms with van der Waals surface area (Å²) in [6.45, 7) is 4.18. The minimum atomic E-state index is -0.493. The number of urea groups is 1. The molecule has 4 amide bonds. The lowest BCUT2D eigenvalue weighted by molar-refractivity contribution is 0.0367. The van der Waals surface area contributed by atoms with Crippen molar-refractivity contribution in [3.63, 3.8) is 0 Å². The molecular weight excluding hydrogens is 554 g/mol. The van der Waals surface area contributed by atoms with Crippen LogP contribution < -0.4 is 15.4 Å². The second-order valence-electron chi connectivity index (χ2n) is 11.4. The quantitative estimate of drug-likeness (QED) is 0.364. The van der Waals surface area contributed by atoms with Gasteiger partial charge in [0.15, 0.2) is 10.8 Å². The minimum Gasteiger partial charge on any atom is -0.485 e. The van der Waals surface area contributed by atoms with E-state index in [1.54, 1.807) is 42.0 Å². The van der Waals surface area contributed by atoms with Crippen LogP contribution in [0.15, 0.2) is 42.5 Å². The summed E-state index contributed by atoms with van der Waals surface area (Å²) in [7, 11) is 1.74. The number of aliphatic hydroxyl groups excluding tert-OH is 1. The van der Waals surface area contributed by atoms with Gasteiger partial charge in [0.2, 0.25) is 0 Å². The van der Waals surface area contributed by atoms with Gasteiger partial charge in [0.1, 0.15) is 6.10 Å². The summed E-state index contributed by atoms with van der Waals surface area (Å²) in [6.07, 6.45) is 4.91. The largest absolute Gasteiger partial charge is 0.485 e. The molecule has 0 bridgehead atoms. The van der Waals surface area contributed by atoms with E-state index in [0.29, 0.717) is 17.2 Å². The number of aliphatic hydroxyl groups is 1. The van der Waals surface area contributed by atoms with Gasteiger partial charge < -0.3 is 30.3 Å². The van der Waals surface area contributed by atoms with Crippen LogP contribution in [-0.4, -0.2) is 82.7 Å². The molecule has 224 valence electrons. The molecule has 3 atom stereocenters. The minimum absolute atomic E-state index is 0.158. The first-order valence-corrected chi connectivity index (χ1v) is 15.5. The normalized spacial score (nSPS) is 20.2. The van der Waals surface area contributed by atoms with E-state index in [1.165, 1.54) is 17.8 Å². The average Bonchev–Trinajstić information content (AvgIpc) is 3.44. The number of hydrogen-bond donors (Lipinski definition) is 3. The fourth-order valence-corrected chi connectivity index (χ4v) is 6.45. The van der Waals surface area contributed by atoms with Crippen LogP contribution in [0.25, 0.3) is 10.2 Å². The molecule has 0 spiro atoms. The van der Waals surface area contributed by atoms with Crippen molar-refractivity contribution in [2.24, 2.45) is 5.92 Å². The molecular formula is C31H39N5O5S. The molecule has 2 aromatic carbocycles. The van der Waals surface area contributed by atoms with Crippen molar-refractivity contribution in [3.05, 3.63) is 53.0 Å². The number of benzene rings is 2. The maximum Gasteiger partial charge on any atom is 0.317 e. The van der Waals surface area contributed by atoms with Crippen molar-refractivity contribution < 1.29 is 24.2 Å². The predicted molar refractivity (Wildman–Crippen MR) is 163 cm³/mol. The second-order valence-corrected chi connectivity index (χ2v) is 12.4. The smallest absolute Gasteiger partial charge is 0.317 e. The number of amides is 4. The number of anilines is 1. The number of thiazole rings is 1. The number of rotatable bonds is 7. The van der Waals surface area contributed by atoms with Crippen LogP contribution in [-0.2, 0) is 0 Å². The first kappa shape index (κ1) is 29.8. The highest BCUT2D eigenvalue weighted by Gasteiger charge is 2.35. The monoisotopic (exact) mass is 593 g/mol. The Morgan fingerprint density at radius 2 is 1.93 bits per heavy atom. The van der Waals surface area contributed by atoms with Crippen molar-refractivity contribution in [2.45, 2.75) is 64.1 Å². The predicted octanol–water partition coefficient (Wildman–Crippen LogP) is 4.74. The van der Waals surface area contributed by atoms with Crippen LogP contribution in [0.2, 0.25) is 0 Å². The van der Waals surface area contributed by atoms with E-state index in [0.717, 1.165) is 35.9 Å². The standard InChI is InChI=1S/C31H39N5O5S/c1-19-16-36(20(2)18-37)30(39)22-12-9-14-24(33-28(38)29-34-23-13-7-8-15-26(23)42-29)27(22)41-25(19)17-35(3)31(40)32-21-10-5-4-6-11-21/h7-9,12-15,19-21,25,37H,4-6,10-11,16-18H2,1-3H3,(H,32,40)(H,33,38)/t19-,20-,25-/m1/s1. The first-order valence-electron chi connectivity index (χ1n) is 14.6. The fourth-order valence-electron chi connectivity index (χ4n) is 5.59. The summed E-state index contributed by atoms with van der Waals surface area (Å²) < 4.78 is 7.45. The number of carbonyl (C=O) groups is 3. The van der Waals surface area contributed by atoms with Crippen LogP contribution in [0.3, 0.4) is 0 Å². The van der Waals surface area contributed by atoms with E-state index in [4.69, 9.17) is 4.74 Å². The average molecular weight is 594 g/mol. The summed E-state index contributed by atoms with van der Waals surface area (Å²) >= 11 is 1.29. The number of aromatic nitrogens is 1. The van der Waals surface area contributed by atoms with E-state index in [1.807, 2.05) is 31.2 Å². The van der Waals surface area contributed by atoms with Crippen LogP contribution >= 0.6 is 11.3 Å². The number of likely N-dealkylation sites (N-methyl/N-ethyl adjacent to an activating group) is 1. The number of ether oxygens (including phenoxy) is 1. The molecule has 0 saturated heterocycles. The molecule has 0 radical (unpaired) electrons. The Kier molecular flexibility index (Phi) is 9.27. The zero-order valence-corrected chi connectivity index (χ0v) is 25.2. The van der Waals surface area contributed by atoms with Crippen molar-refractivity contribution in [1.82, 2.24) is 20.1 Å². The SMILES string of the molecule is C[C@@H]1CN([C@H](C)CO)C(=O)c2cccc(NC(=O)c3nc4ccccc4s3)c2O[C@@H]1CN(C)C(=O)NC1CCCCC1. The van der Waals surface area contributed by atoms with E-state index in [9.17, 15) is 19.5 Å². The van der Waals surface area contributed by atoms with Gasteiger partial charge in [-0.1, -0.05) is 44.4 Å². The first-order chi connectivity index (χ1) is 20.2. The van der Waals surface area contributed by atoms with E-state index in [-0.39, 0.29) is 48.4 Å². The molecule has 1 saturated carbocycles. The highest BCUT2D eigenvalue weighted by molar-refractivity contribution is 7.20. The Balaban J connectivity index is 1.43. The summed E-state index contributed by atoms with van der Waals surface area (Å²) in [5.41, 5.74) is 1.36. The lowest BCUT2D eigenvalue weighted by Crippen LogP contribution is -2.52. The Labute approximate surface area is 250 Å². The summed E-state index contributed by atoms with van der Waals surface area (Å²) in [5, 5.41) is 16.3. The Bertz CT molecular complexity index is 1410. The van der Waals surface area contributed by atoms with Crippen LogP contribution in [0.4, 0.5) is 10.5 Å². The van der Waals surface area contributed by atoms with Gasteiger partial charge in [0, 0.05) is 25.6 Å². The number of nitrogens with zero attached hydrogens (tertiary/aromatic N) is 3. The van der Waals surface area contributed by atoms with E-state index in [2.05, 4.69) is 15.6 Å². The molecule has 1 aromatic heterocycles. The van der Waals surface area contributed by atoms with Gasteiger partial charge in [0.25, 0.3) is 11.8 Å². The third-order valence-corrected chi connectivity index (χ3v) is 9.20. The van der Waals surface area contributed by atoms with E-state index < -0.39 is 18.1 Å². The van der Waals surface area contributed by atoms with Gasteiger partial charge in [-0.05, 0) is 44.0 Å². The third-order valence-electron chi connectivity index (χ3n) is 8.16. The van der Waals surface area contributed by atoms with E-state index >= 15 is 0 Å².